The van der Waals surface area contributed by atoms with E-state index in [1.807, 2.05) is 11.1 Å². The zero-order valence-corrected chi connectivity index (χ0v) is 49.2. The molecule has 7 aliphatic heterocycles. The Morgan fingerprint density at radius 1 is 0.774 bits per heavy atom. The van der Waals surface area contributed by atoms with Crippen LogP contribution in [0.5, 0.6) is 12.0 Å². The molecule has 5 saturated heterocycles. The van der Waals surface area contributed by atoms with E-state index in [-0.39, 0.29) is 36.2 Å². The Kier molecular flexibility index (Phi) is 15.4. The first-order valence-corrected chi connectivity index (χ1v) is 30.3. The van der Waals surface area contributed by atoms with E-state index >= 15 is 0 Å². The first-order chi connectivity index (χ1) is 40.9. The highest BCUT2D eigenvalue weighted by molar-refractivity contribution is 5.99. The van der Waals surface area contributed by atoms with Crippen molar-refractivity contribution >= 4 is 56.5 Å². The number of rotatable bonds is 16. The number of likely N-dealkylation sites (N-methyl/N-ethyl adjacent to an activating group) is 1. The van der Waals surface area contributed by atoms with Gasteiger partial charge in [0, 0.05) is 136 Å². The summed E-state index contributed by atoms with van der Waals surface area (Å²) in [6, 6.07) is 19.2. The number of nitriles is 1. The number of aryl methyl sites for hydroxylation is 2. The molecule has 6 aromatic rings. The number of amides is 2. The SMILES string of the molecule is C=CC(=O)N1CCN(c2nc(OC[C@@H]3CC(c4ccc(N5CCc6c(nc(OCCCN7C[C@@H]8C[C@H]7CO8)nc6N6CCN(C(=O)C=C)[C@@H](CC#N)C6)C5)c5c(C)cccc45)CN3C)nc3c2CCN(c2c(C)c(C)cc4[nH]ccc24)C3)CC1. The number of hydrogen-bond acceptors (Lipinski definition) is 16. The molecule has 3 aromatic carbocycles. The summed E-state index contributed by atoms with van der Waals surface area (Å²) in [5.41, 5.74) is 12.8. The summed E-state index contributed by atoms with van der Waals surface area (Å²) in [7, 11) is 2.21. The molecule has 0 spiro atoms. The third-order valence-corrected chi connectivity index (χ3v) is 19.3. The molecule has 2 bridgehead atoms. The molecule has 1 unspecified atom stereocenters. The number of H-pyrrole nitrogens is 1. The predicted octanol–water partition coefficient (Wildman–Crippen LogP) is 7.01. The van der Waals surface area contributed by atoms with Gasteiger partial charge >= 0.3 is 12.0 Å². The van der Waals surface area contributed by atoms with E-state index in [9.17, 15) is 14.9 Å². The highest BCUT2D eigenvalue weighted by Crippen LogP contribution is 2.43. The lowest BCUT2D eigenvalue weighted by atomic mass is 9.89. The van der Waals surface area contributed by atoms with Crippen LogP contribution in [0.2, 0.25) is 0 Å². The number of carbonyl (C=O) groups is 2. The van der Waals surface area contributed by atoms with E-state index in [1.54, 1.807) is 4.90 Å². The van der Waals surface area contributed by atoms with Crippen molar-refractivity contribution in [2.45, 2.75) is 103 Å². The number of anilines is 4. The third-order valence-electron chi connectivity index (χ3n) is 19.3. The van der Waals surface area contributed by atoms with Crippen molar-refractivity contribution in [3.63, 3.8) is 0 Å². The number of aromatic nitrogens is 5. The average molecular weight is 1140 g/mol. The summed E-state index contributed by atoms with van der Waals surface area (Å²) in [5.74, 6) is 1.83. The van der Waals surface area contributed by atoms with Gasteiger partial charge < -0.3 is 48.6 Å². The number of nitrogens with one attached hydrogen (secondary N) is 1. The minimum Gasteiger partial charge on any atom is -0.463 e. The van der Waals surface area contributed by atoms with Gasteiger partial charge in [-0.3, -0.25) is 19.4 Å². The van der Waals surface area contributed by atoms with Gasteiger partial charge in [0.15, 0.2) is 0 Å². The lowest BCUT2D eigenvalue weighted by Gasteiger charge is -2.42. The number of nitrogens with zero attached hydrogens (tertiary/aromatic N) is 13. The fraction of sp³-hybridized carbons (Fsp3) is 0.492. The summed E-state index contributed by atoms with van der Waals surface area (Å²) in [6.07, 6.45) is 9.76. The first-order valence-electron chi connectivity index (χ1n) is 30.3. The molecule has 1 N–H and O–H groups in total. The second-order valence-corrected chi connectivity index (χ2v) is 24.2. The van der Waals surface area contributed by atoms with Crippen molar-refractivity contribution in [1.29, 1.82) is 5.26 Å². The molecule has 5 fully saturated rings. The number of morpholine rings is 1. The molecule has 0 radical (unpaired) electrons. The van der Waals surface area contributed by atoms with Gasteiger partial charge in [0.25, 0.3) is 0 Å². The summed E-state index contributed by atoms with van der Waals surface area (Å²) >= 11 is 0. The molecule has 3 aromatic heterocycles. The molecule has 13 rings (SSSR count). The van der Waals surface area contributed by atoms with Crippen molar-refractivity contribution in [2.75, 3.05) is 125 Å². The number of carbonyl (C=O) groups excluding carboxylic acids is 2. The molecule has 19 nitrogen and oxygen atoms in total. The molecule has 0 saturated carbocycles. The van der Waals surface area contributed by atoms with Crippen LogP contribution < -0.4 is 29.1 Å². The van der Waals surface area contributed by atoms with Crippen LogP contribution in [-0.2, 0) is 40.3 Å². The number of piperazine rings is 2. The van der Waals surface area contributed by atoms with E-state index in [0.29, 0.717) is 96.3 Å². The minimum absolute atomic E-state index is 0.0402. The van der Waals surface area contributed by atoms with Gasteiger partial charge in [0.05, 0.1) is 62.3 Å². The topological polar surface area (TPSA) is 179 Å². The van der Waals surface area contributed by atoms with Gasteiger partial charge in [-0.2, -0.15) is 25.2 Å². The standard InChI is InChI=1S/C65H78N14O5/c1-7-58(80)73-24-26-74(27-25-73)62-52-18-23-77(61-43(5)42(4)31-54-51(61)16-20-67-54)38-56(52)69-65(70-62)84-39-46-32-44(34-72(46)6)49-13-14-57(60-41(3)11-9-12-50(49)60)76-22-17-53-55(37-76)68-64(82-30-10-21-75-36-48-33-47(75)40-83-48)71-63(53)78-28-29-79(59(81)8-2)45(35-78)15-19-66/h7-9,11-14,16,20,31,44-48,67H,1-2,10,15,17-18,21-30,32-40H2,3-6H3/t44?,45-,46-,47-,48-/m0/s1. The maximum Gasteiger partial charge on any atom is 0.318 e. The fourth-order valence-corrected chi connectivity index (χ4v) is 14.7. The van der Waals surface area contributed by atoms with Crippen LogP contribution in [0.3, 0.4) is 0 Å². The van der Waals surface area contributed by atoms with Crippen LogP contribution in [0.25, 0.3) is 21.7 Å². The fourth-order valence-electron chi connectivity index (χ4n) is 14.7. The zero-order chi connectivity index (χ0) is 57.8. The molecule has 10 heterocycles. The molecule has 5 atom stereocenters. The van der Waals surface area contributed by atoms with Crippen LogP contribution in [0.1, 0.15) is 76.4 Å². The Labute approximate surface area is 492 Å². The number of ether oxygens (including phenoxy) is 3. The van der Waals surface area contributed by atoms with Gasteiger partial charge in [-0.15, -0.1) is 0 Å². The van der Waals surface area contributed by atoms with E-state index in [1.165, 1.54) is 61.9 Å². The van der Waals surface area contributed by atoms with Crippen LogP contribution >= 0.6 is 0 Å². The van der Waals surface area contributed by atoms with Crippen molar-refractivity contribution < 1.29 is 23.8 Å². The number of hydrogen-bond donors (Lipinski definition) is 1. The number of fused-ring (bicyclic) bond motifs is 6. The normalized spacial score (nSPS) is 22.6. The van der Waals surface area contributed by atoms with Gasteiger partial charge in [0.1, 0.15) is 18.2 Å². The highest BCUT2D eigenvalue weighted by Gasteiger charge is 2.40. The quantitative estimate of drug-likeness (QED) is 0.0772. The van der Waals surface area contributed by atoms with Gasteiger partial charge in [0.2, 0.25) is 11.8 Å². The predicted molar refractivity (Wildman–Crippen MR) is 326 cm³/mol. The third kappa shape index (κ3) is 10.5. The second-order valence-electron chi connectivity index (χ2n) is 24.2. The average Bonchev–Trinajstić information content (AvgIpc) is 2.22. The van der Waals surface area contributed by atoms with E-state index < -0.39 is 0 Å². The van der Waals surface area contributed by atoms with Gasteiger partial charge in [-0.1, -0.05) is 37.4 Å². The molecule has 0 aliphatic carbocycles. The minimum atomic E-state index is -0.288. The molecule has 84 heavy (non-hydrogen) atoms. The maximum absolute atomic E-state index is 12.9. The van der Waals surface area contributed by atoms with E-state index in [2.05, 4.69) is 124 Å². The van der Waals surface area contributed by atoms with Gasteiger partial charge in [-0.25, -0.2) is 0 Å². The number of aromatic amines is 1. The molecule has 438 valence electrons. The Bertz CT molecular complexity index is 3570. The first kappa shape index (κ1) is 55.4. The molecular weight excluding hydrogens is 1060 g/mol. The van der Waals surface area contributed by atoms with E-state index in [4.69, 9.17) is 34.1 Å². The maximum atomic E-state index is 12.9. The number of likely N-dealkylation sites (tertiary alicyclic amines) is 2. The van der Waals surface area contributed by atoms with Gasteiger partial charge in [-0.05, 0) is 124 Å². The monoisotopic (exact) mass is 1130 g/mol. The summed E-state index contributed by atoms with van der Waals surface area (Å²) in [6.45, 7) is 25.6. The second kappa shape index (κ2) is 23.3. The molecular formula is C65H78N14O5. The Hall–Kier alpha value is -7.79. The Morgan fingerprint density at radius 3 is 2.25 bits per heavy atom. The van der Waals surface area contributed by atoms with Crippen LogP contribution in [-0.4, -0.2) is 186 Å². The van der Waals surface area contributed by atoms with Crippen molar-refractivity contribution in [3.05, 3.63) is 119 Å². The smallest absolute Gasteiger partial charge is 0.318 e. The summed E-state index contributed by atoms with van der Waals surface area (Å²) < 4.78 is 19.1. The lowest BCUT2D eigenvalue weighted by Crippen LogP contribution is -2.55. The van der Waals surface area contributed by atoms with Crippen molar-refractivity contribution in [2.24, 2.45) is 0 Å². The van der Waals surface area contributed by atoms with Crippen molar-refractivity contribution in [1.82, 2.24) is 44.5 Å². The van der Waals surface area contributed by atoms with Crippen molar-refractivity contribution in [3.8, 4) is 18.1 Å². The van der Waals surface area contributed by atoms with Crippen LogP contribution in [0.15, 0.2) is 74.0 Å². The number of benzene rings is 3. The lowest BCUT2D eigenvalue weighted by molar-refractivity contribution is -0.128. The zero-order valence-electron chi connectivity index (χ0n) is 49.2. The summed E-state index contributed by atoms with van der Waals surface area (Å²) in [4.78, 5) is 67.8. The highest BCUT2D eigenvalue weighted by atomic mass is 16.5. The molecule has 7 aliphatic rings. The molecule has 2 amide bonds. The Morgan fingerprint density at radius 2 is 1.51 bits per heavy atom. The largest absolute Gasteiger partial charge is 0.463 e. The van der Waals surface area contributed by atoms with E-state index in [0.717, 1.165) is 111 Å². The molecule has 19 heteroatoms. The summed E-state index contributed by atoms with van der Waals surface area (Å²) in [5, 5.41) is 13.6. The van der Waals surface area contributed by atoms with Crippen LogP contribution in [0, 0.1) is 32.1 Å². The Balaban J connectivity index is 0.742. The van der Waals surface area contributed by atoms with Crippen LogP contribution in [0.4, 0.5) is 23.0 Å².